The maximum atomic E-state index is 6.28. The minimum Gasteiger partial charge on any atom is -0.332 e. The zero-order valence-corrected chi connectivity index (χ0v) is 19.5. The second kappa shape index (κ2) is 10.3. The average molecular weight is 453 g/mol. The lowest BCUT2D eigenvalue weighted by atomic mass is 10.1. The van der Waals surface area contributed by atoms with Gasteiger partial charge in [0.2, 0.25) is 11.9 Å². The molecular formula is C23H25ClN6S. The molecule has 0 aliphatic rings. The molecule has 0 saturated heterocycles. The van der Waals surface area contributed by atoms with Crippen LogP contribution in [0.5, 0.6) is 0 Å². The van der Waals surface area contributed by atoms with E-state index < -0.39 is 0 Å². The highest BCUT2D eigenvalue weighted by atomic mass is 35.5. The third-order valence-corrected chi connectivity index (χ3v) is 4.86. The lowest BCUT2D eigenvalue weighted by Gasteiger charge is -2.15. The Balaban J connectivity index is 1.80. The van der Waals surface area contributed by atoms with Gasteiger partial charge in [0.05, 0.1) is 6.54 Å². The van der Waals surface area contributed by atoms with Crippen LogP contribution in [0.3, 0.4) is 0 Å². The molecule has 160 valence electrons. The lowest BCUT2D eigenvalue weighted by molar-refractivity contribution is 1.03. The Bertz CT molecular complexity index is 1090. The molecule has 1 aromatic heterocycles. The van der Waals surface area contributed by atoms with Crippen molar-refractivity contribution in [2.75, 3.05) is 10.6 Å². The van der Waals surface area contributed by atoms with Gasteiger partial charge in [0.25, 0.3) is 0 Å². The molecule has 0 spiro atoms. The number of rotatable bonds is 4. The Kier molecular flexibility index (Phi) is 7.55. The summed E-state index contributed by atoms with van der Waals surface area (Å²) in [6, 6.07) is 15.7. The van der Waals surface area contributed by atoms with Crippen LogP contribution in [-0.4, -0.2) is 21.0 Å². The fourth-order valence-electron chi connectivity index (χ4n) is 3.11. The number of nitrogens with zero attached hydrogens (tertiary/aromatic N) is 3. The van der Waals surface area contributed by atoms with E-state index in [4.69, 9.17) is 23.8 Å². The molecule has 2 aromatic carbocycles. The summed E-state index contributed by atoms with van der Waals surface area (Å²) < 4.78 is 0. The number of halogens is 1. The van der Waals surface area contributed by atoms with E-state index in [1.807, 2.05) is 70.2 Å². The van der Waals surface area contributed by atoms with E-state index >= 15 is 0 Å². The van der Waals surface area contributed by atoms with Gasteiger partial charge >= 0.3 is 0 Å². The predicted octanol–water partition coefficient (Wildman–Crippen LogP) is 5.32. The Morgan fingerprint density at radius 3 is 2.23 bits per heavy atom. The molecule has 31 heavy (non-hydrogen) atoms. The summed E-state index contributed by atoms with van der Waals surface area (Å²) in [6.45, 7) is 8.29. The SMILES string of the molecule is Cc1cc(C)cc(NC(=S)NC(=NCc2ccccc2Cl)Nc2nc(C)cc(C)n2)c1. The van der Waals surface area contributed by atoms with E-state index in [1.165, 1.54) is 0 Å². The molecule has 0 aliphatic heterocycles. The first-order chi connectivity index (χ1) is 14.8. The average Bonchev–Trinajstić information content (AvgIpc) is 2.65. The summed E-state index contributed by atoms with van der Waals surface area (Å²) in [7, 11) is 0. The summed E-state index contributed by atoms with van der Waals surface area (Å²) in [6.07, 6.45) is 0. The zero-order chi connectivity index (χ0) is 22.4. The van der Waals surface area contributed by atoms with Crippen LogP contribution in [0.1, 0.15) is 28.1 Å². The van der Waals surface area contributed by atoms with Gasteiger partial charge in [-0.25, -0.2) is 15.0 Å². The molecule has 0 bridgehead atoms. The van der Waals surface area contributed by atoms with E-state index in [-0.39, 0.29) is 0 Å². The molecule has 0 radical (unpaired) electrons. The van der Waals surface area contributed by atoms with Crippen LogP contribution in [0.4, 0.5) is 11.6 Å². The van der Waals surface area contributed by atoms with Crippen molar-refractivity contribution in [2.24, 2.45) is 4.99 Å². The molecule has 6 nitrogen and oxygen atoms in total. The molecule has 8 heteroatoms. The van der Waals surface area contributed by atoms with Crippen molar-refractivity contribution >= 4 is 46.5 Å². The number of thiocarbonyl (C=S) groups is 1. The van der Waals surface area contributed by atoms with Crippen LogP contribution in [0.2, 0.25) is 5.02 Å². The number of nitrogens with one attached hydrogen (secondary N) is 3. The second-order valence-corrected chi connectivity index (χ2v) is 8.13. The van der Waals surface area contributed by atoms with Crippen LogP contribution in [-0.2, 0) is 6.54 Å². The van der Waals surface area contributed by atoms with Gasteiger partial charge in [-0.15, -0.1) is 0 Å². The molecule has 0 unspecified atom stereocenters. The molecule has 0 fully saturated rings. The molecular weight excluding hydrogens is 428 g/mol. The number of anilines is 2. The quantitative estimate of drug-likeness (QED) is 0.282. The minimum absolute atomic E-state index is 0.367. The van der Waals surface area contributed by atoms with Gasteiger partial charge in [-0.3, -0.25) is 5.32 Å². The summed E-state index contributed by atoms with van der Waals surface area (Å²) in [4.78, 5) is 13.5. The highest BCUT2D eigenvalue weighted by Crippen LogP contribution is 2.16. The second-order valence-electron chi connectivity index (χ2n) is 7.31. The summed E-state index contributed by atoms with van der Waals surface area (Å²) in [5, 5.41) is 10.5. The number of aryl methyl sites for hydroxylation is 4. The number of hydrogen-bond acceptors (Lipinski definition) is 4. The van der Waals surface area contributed by atoms with Crippen molar-refractivity contribution < 1.29 is 0 Å². The number of hydrogen-bond donors (Lipinski definition) is 3. The van der Waals surface area contributed by atoms with Gasteiger partial charge in [-0.05, 0) is 80.9 Å². The van der Waals surface area contributed by atoms with Crippen molar-refractivity contribution in [3.63, 3.8) is 0 Å². The Labute approximate surface area is 193 Å². The topological polar surface area (TPSA) is 74.2 Å². The molecule has 3 aromatic rings. The first-order valence-corrected chi connectivity index (χ1v) is 10.6. The maximum absolute atomic E-state index is 6.28. The fraction of sp³-hybridized carbons (Fsp3) is 0.217. The zero-order valence-electron chi connectivity index (χ0n) is 18.0. The van der Waals surface area contributed by atoms with Crippen LogP contribution in [0.15, 0.2) is 53.5 Å². The van der Waals surface area contributed by atoms with Gasteiger partial charge in [0.1, 0.15) is 0 Å². The Hall–Kier alpha value is -3.03. The smallest absolute Gasteiger partial charge is 0.229 e. The molecule has 0 aliphatic carbocycles. The largest absolute Gasteiger partial charge is 0.332 e. The maximum Gasteiger partial charge on any atom is 0.229 e. The van der Waals surface area contributed by atoms with Crippen LogP contribution in [0, 0.1) is 27.7 Å². The van der Waals surface area contributed by atoms with Gasteiger partial charge in [-0.1, -0.05) is 35.9 Å². The summed E-state index contributed by atoms with van der Waals surface area (Å²) >= 11 is 11.8. The molecule has 3 N–H and O–H groups in total. The first-order valence-electron chi connectivity index (χ1n) is 9.82. The van der Waals surface area contributed by atoms with Gasteiger partial charge in [0, 0.05) is 22.1 Å². The van der Waals surface area contributed by atoms with Gasteiger partial charge in [-0.2, -0.15) is 0 Å². The standard InChI is InChI=1S/C23H25ClN6S/c1-14-9-15(2)11-19(10-14)28-23(31)30-21(25-13-18-7-5-6-8-20(18)24)29-22-26-16(3)12-17(4)27-22/h5-12H,13H2,1-4H3,(H3,25,26,27,28,29,30,31). The highest BCUT2D eigenvalue weighted by Gasteiger charge is 2.08. The van der Waals surface area contributed by atoms with Crippen molar-refractivity contribution in [1.29, 1.82) is 0 Å². The number of aliphatic imine (C=N–C) groups is 1. The normalized spacial score (nSPS) is 11.2. The Morgan fingerprint density at radius 1 is 0.935 bits per heavy atom. The molecule has 3 rings (SSSR count). The summed E-state index contributed by atoms with van der Waals surface area (Å²) in [5.74, 6) is 0.865. The first kappa shape index (κ1) is 22.7. The highest BCUT2D eigenvalue weighted by molar-refractivity contribution is 7.80. The van der Waals surface area contributed by atoms with Crippen LogP contribution >= 0.6 is 23.8 Å². The Morgan fingerprint density at radius 2 is 1.58 bits per heavy atom. The minimum atomic E-state index is 0.367. The number of benzene rings is 2. The van der Waals surface area contributed by atoms with Gasteiger partial charge in [0.15, 0.2) is 5.11 Å². The van der Waals surface area contributed by atoms with Gasteiger partial charge < -0.3 is 10.6 Å². The number of guanidine groups is 1. The van der Waals surface area contributed by atoms with Crippen LogP contribution < -0.4 is 16.0 Å². The third kappa shape index (κ3) is 7.01. The molecule has 0 atom stereocenters. The van der Waals surface area contributed by atoms with Crippen molar-refractivity contribution in [3.8, 4) is 0 Å². The number of aromatic nitrogens is 2. The van der Waals surface area contributed by atoms with E-state index in [0.29, 0.717) is 28.6 Å². The molecule has 0 amide bonds. The summed E-state index contributed by atoms with van der Waals surface area (Å²) in [5.41, 5.74) is 5.83. The predicted molar refractivity (Wildman–Crippen MR) is 133 cm³/mol. The van der Waals surface area contributed by atoms with Crippen molar-refractivity contribution in [2.45, 2.75) is 34.2 Å². The van der Waals surface area contributed by atoms with Crippen molar-refractivity contribution in [1.82, 2.24) is 15.3 Å². The monoisotopic (exact) mass is 452 g/mol. The van der Waals surface area contributed by atoms with E-state index in [9.17, 15) is 0 Å². The lowest BCUT2D eigenvalue weighted by Crippen LogP contribution is -2.39. The third-order valence-electron chi connectivity index (χ3n) is 4.29. The van der Waals surface area contributed by atoms with E-state index in [0.717, 1.165) is 33.8 Å². The molecule has 1 heterocycles. The fourth-order valence-corrected chi connectivity index (χ4v) is 3.52. The van der Waals surface area contributed by atoms with Crippen molar-refractivity contribution in [3.05, 3.63) is 81.6 Å². The van der Waals surface area contributed by atoms with E-state index in [1.54, 1.807) is 0 Å². The van der Waals surface area contributed by atoms with Crippen LogP contribution in [0.25, 0.3) is 0 Å². The van der Waals surface area contributed by atoms with E-state index in [2.05, 4.69) is 37.0 Å². The molecule has 0 saturated carbocycles.